The first kappa shape index (κ1) is 11.6. The van der Waals surface area contributed by atoms with Crippen molar-refractivity contribution in [2.45, 2.75) is 6.54 Å². The summed E-state index contributed by atoms with van der Waals surface area (Å²) in [6, 6.07) is 5.24. The zero-order chi connectivity index (χ0) is 11.1. The summed E-state index contributed by atoms with van der Waals surface area (Å²) < 4.78 is 4.58. The minimum Gasteiger partial charge on any atom is -0.464 e. The molecule has 5 heteroatoms. The van der Waals surface area contributed by atoms with E-state index in [0.717, 1.165) is 12.2 Å². The Balaban J connectivity index is 2.62. The van der Waals surface area contributed by atoms with Gasteiger partial charge in [-0.15, -0.1) is 0 Å². The minimum absolute atomic E-state index is 0.324. The van der Waals surface area contributed by atoms with Gasteiger partial charge in [-0.2, -0.15) is 0 Å². The van der Waals surface area contributed by atoms with Gasteiger partial charge in [0.1, 0.15) is 5.69 Å². The summed E-state index contributed by atoms with van der Waals surface area (Å²) in [5, 5.41) is 3.10. The number of carbonyl (C=O) groups excluding carboxylic acids is 1. The molecule has 0 saturated heterocycles. The van der Waals surface area contributed by atoms with Crippen LogP contribution in [-0.2, 0) is 11.3 Å². The zero-order valence-electron chi connectivity index (χ0n) is 8.69. The molecule has 82 valence electrons. The number of aromatic nitrogens is 1. The molecule has 0 aliphatic heterocycles. The normalized spacial score (nSPS) is 10.0. The van der Waals surface area contributed by atoms with Crippen molar-refractivity contribution in [3.8, 4) is 0 Å². The van der Waals surface area contributed by atoms with Crippen molar-refractivity contribution in [2.75, 3.05) is 20.2 Å². The summed E-state index contributed by atoms with van der Waals surface area (Å²) in [6.07, 6.45) is 0. The Labute approximate surface area is 88.6 Å². The van der Waals surface area contributed by atoms with Crippen LogP contribution >= 0.6 is 0 Å². The van der Waals surface area contributed by atoms with Crippen LogP contribution in [0.2, 0.25) is 0 Å². The fraction of sp³-hybridized carbons (Fsp3) is 0.400. The fourth-order valence-corrected chi connectivity index (χ4v) is 1.11. The Morgan fingerprint density at radius 3 is 3.07 bits per heavy atom. The van der Waals surface area contributed by atoms with Crippen LogP contribution in [0.4, 0.5) is 0 Å². The second-order valence-electron chi connectivity index (χ2n) is 2.97. The van der Waals surface area contributed by atoms with Gasteiger partial charge in [0.25, 0.3) is 0 Å². The number of hydrogen-bond acceptors (Lipinski definition) is 5. The van der Waals surface area contributed by atoms with Crippen LogP contribution in [0.15, 0.2) is 18.2 Å². The van der Waals surface area contributed by atoms with Gasteiger partial charge in [-0.1, -0.05) is 6.07 Å². The van der Waals surface area contributed by atoms with Crippen LogP contribution < -0.4 is 11.1 Å². The van der Waals surface area contributed by atoms with Crippen molar-refractivity contribution in [1.82, 2.24) is 10.3 Å². The molecule has 0 aromatic carbocycles. The Morgan fingerprint density at radius 2 is 2.40 bits per heavy atom. The number of ether oxygens (including phenoxy) is 1. The molecular formula is C10H15N3O2. The maximum atomic E-state index is 11.2. The smallest absolute Gasteiger partial charge is 0.356 e. The van der Waals surface area contributed by atoms with Crippen LogP contribution in [0.25, 0.3) is 0 Å². The maximum absolute atomic E-state index is 11.2. The van der Waals surface area contributed by atoms with E-state index in [1.54, 1.807) is 12.1 Å². The molecule has 3 N–H and O–H groups in total. The summed E-state index contributed by atoms with van der Waals surface area (Å²) in [7, 11) is 1.34. The molecule has 1 aromatic heterocycles. The van der Waals surface area contributed by atoms with Gasteiger partial charge in [-0.05, 0) is 12.1 Å². The topological polar surface area (TPSA) is 77.2 Å². The molecule has 0 unspecified atom stereocenters. The van der Waals surface area contributed by atoms with Crippen LogP contribution in [-0.4, -0.2) is 31.2 Å². The molecule has 1 rings (SSSR count). The first-order valence-electron chi connectivity index (χ1n) is 4.73. The van der Waals surface area contributed by atoms with Gasteiger partial charge in [0.15, 0.2) is 0 Å². The average molecular weight is 209 g/mol. The summed E-state index contributed by atoms with van der Waals surface area (Å²) in [5.74, 6) is -0.421. The van der Waals surface area contributed by atoms with Crippen LogP contribution in [0, 0.1) is 0 Å². The number of esters is 1. The van der Waals surface area contributed by atoms with Crippen molar-refractivity contribution in [1.29, 1.82) is 0 Å². The zero-order valence-corrected chi connectivity index (χ0v) is 8.69. The quantitative estimate of drug-likeness (QED) is 0.524. The molecular weight excluding hydrogens is 194 g/mol. The van der Waals surface area contributed by atoms with Gasteiger partial charge in [0.2, 0.25) is 0 Å². The number of nitrogens with zero attached hydrogens (tertiary/aromatic N) is 1. The summed E-state index contributed by atoms with van der Waals surface area (Å²) >= 11 is 0. The Kier molecular flexibility index (Phi) is 4.73. The van der Waals surface area contributed by atoms with Gasteiger partial charge >= 0.3 is 5.97 Å². The van der Waals surface area contributed by atoms with E-state index in [9.17, 15) is 4.79 Å². The number of pyridine rings is 1. The highest BCUT2D eigenvalue weighted by atomic mass is 16.5. The maximum Gasteiger partial charge on any atom is 0.356 e. The number of rotatable bonds is 5. The lowest BCUT2D eigenvalue weighted by atomic mass is 10.3. The first-order valence-corrected chi connectivity index (χ1v) is 4.73. The van der Waals surface area contributed by atoms with Gasteiger partial charge in [0, 0.05) is 19.6 Å². The number of methoxy groups -OCH3 is 1. The van der Waals surface area contributed by atoms with Crippen LogP contribution in [0.1, 0.15) is 16.2 Å². The lowest BCUT2D eigenvalue weighted by Gasteiger charge is -2.04. The second-order valence-corrected chi connectivity index (χ2v) is 2.97. The predicted molar refractivity (Wildman–Crippen MR) is 56.3 cm³/mol. The monoisotopic (exact) mass is 209 g/mol. The standard InChI is InChI=1S/C10H15N3O2/c1-15-10(14)9-4-2-3-8(13-9)7-12-6-5-11/h2-4,12H,5-7,11H2,1H3. The molecule has 5 nitrogen and oxygen atoms in total. The van der Waals surface area contributed by atoms with E-state index >= 15 is 0 Å². The molecule has 0 aliphatic rings. The Hall–Kier alpha value is -1.46. The second kappa shape index (κ2) is 6.10. The molecule has 0 atom stereocenters. The molecule has 0 bridgehead atoms. The average Bonchev–Trinajstić information content (AvgIpc) is 2.29. The highest BCUT2D eigenvalue weighted by Gasteiger charge is 2.06. The van der Waals surface area contributed by atoms with Crippen molar-refractivity contribution in [3.05, 3.63) is 29.6 Å². The molecule has 15 heavy (non-hydrogen) atoms. The van der Waals surface area contributed by atoms with Gasteiger partial charge < -0.3 is 15.8 Å². The summed E-state index contributed by atoms with van der Waals surface area (Å²) in [4.78, 5) is 15.3. The lowest BCUT2D eigenvalue weighted by Crippen LogP contribution is -2.22. The van der Waals surface area contributed by atoms with Crippen LogP contribution in [0.3, 0.4) is 0 Å². The van der Waals surface area contributed by atoms with Crippen molar-refractivity contribution >= 4 is 5.97 Å². The van der Waals surface area contributed by atoms with Crippen molar-refractivity contribution < 1.29 is 9.53 Å². The molecule has 0 fully saturated rings. The third-order valence-corrected chi connectivity index (χ3v) is 1.83. The number of hydrogen-bond donors (Lipinski definition) is 2. The summed E-state index contributed by atoms with van der Waals surface area (Å²) in [5.41, 5.74) is 6.46. The highest BCUT2D eigenvalue weighted by molar-refractivity contribution is 5.87. The molecule has 0 aliphatic carbocycles. The minimum atomic E-state index is -0.421. The van der Waals surface area contributed by atoms with Crippen molar-refractivity contribution in [3.63, 3.8) is 0 Å². The third kappa shape index (κ3) is 3.65. The predicted octanol–water partition coefficient (Wildman–Crippen LogP) is -0.0835. The number of nitrogens with one attached hydrogen (secondary N) is 1. The van der Waals surface area contributed by atoms with Crippen molar-refractivity contribution in [2.24, 2.45) is 5.73 Å². The molecule has 0 amide bonds. The Morgan fingerprint density at radius 1 is 1.60 bits per heavy atom. The lowest BCUT2D eigenvalue weighted by molar-refractivity contribution is 0.0593. The largest absolute Gasteiger partial charge is 0.464 e. The van der Waals surface area contributed by atoms with E-state index in [0.29, 0.717) is 18.8 Å². The van der Waals surface area contributed by atoms with E-state index in [4.69, 9.17) is 5.73 Å². The molecule has 0 spiro atoms. The molecule has 0 radical (unpaired) electrons. The summed E-state index contributed by atoms with van der Waals surface area (Å²) in [6.45, 7) is 1.91. The van der Waals surface area contributed by atoms with E-state index in [2.05, 4.69) is 15.0 Å². The first-order chi connectivity index (χ1) is 7.27. The Bertz CT molecular complexity index is 328. The van der Waals surface area contributed by atoms with E-state index in [1.165, 1.54) is 7.11 Å². The van der Waals surface area contributed by atoms with Crippen LogP contribution in [0.5, 0.6) is 0 Å². The molecule has 1 heterocycles. The van der Waals surface area contributed by atoms with E-state index in [1.807, 2.05) is 6.07 Å². The van der Waals surface area contributed by atoms with Gasteiger partial charge in [-0.25, -0.2) is 9.78 Å². The fourth-order valence-electron chi connectivity index (χ4n) is 1.11. The number of carbonyl (C=O) groups is 1. The van der Waals surface area contributed by atoms with Gasteiger partial charge in [0.05, 0.1) is 12.8 Å². The van der Waals surface area contributed by atoms with E-state index in [-0.39, 0.29) is 0 Å². The van der Waals surface area contributed by atoms with E-state index < -0.39 is 5.97 Å². The number of nitrogens with two attached hydrogens (primary N) is 1. The highest BCUT2D eigenvalue weighted by Crippen LogP contribution is 2.00. The molecule has 1 aromatic rings. The SMILES string of the molecule is COC(=O)c1cccc(CNCCN)n1. The molecule has 0 saturated carbocycles. The van der Waals surface area contributed by atoms with Gasteiger partial charge in [-0.3, -0.25) is 0 Å². The third-order valence-electron chi connectivity index (χ3n) is 1.83.